The number of amides is 1. The van der Waals surface area contributed by atoms with Gasteiger partial charge < -0.3 is 10.1 Å². The van der Waals surface area contributed by atoms with Gasteiger partial charge in [-0.25, -0.2) is 0 Å². The number of aryl methyl sites for hydroxylation is 2. The van der Waals surface area contributed by atoms with E-state index in [1.165, 1.54) is 16.7 Å². The van der Waals surface area contributed by atoms with Crippen molar-refractivity contribution in [2.24, 2.45) is 0 Å². The van der Waals surface area contributed by atoms with Gasteiger partial charge in [-0.1, -0.05) is 54.1 Å². The Kier molecular flexibility index (Phi) is 7.43. The number of morpholine rings is 1. The first-order chi connectivity index (χ1) is 13.2. The minimum absolute atomic E-state index is 0.125. The van der Waals surface area contributed by atoms with Crippen LogP contribution >= 0.6 is 0 Å². The van der Waals surface area contributed by atoms with E-state index in [0.717, 1.165) is 51.3 Å². The molecule has 0 saturated carbocycles. The molecule has 0 bridgehead atoms. The first kappa shape index (κ1) is 19.6. The van der Waals surface area contributed by atoms with Gasteiger partial charge in [-0.15, -0.1) is 0 Å². The van der Waals surface area contributed by atoms with Crippen molar-refractivity contribution in [1.29, 1.82) is 0 Å². The predicted molar refractivity (Wildman–Crippen MR) is 109 cm³/mol. The molecule has 2 aromatic carbocycles. The number of hydrogen-bond acceptors (Lipinski definition) is 3. The van der Waals surface area contributed by atoms with Crippen LogP contribution in [0.5, 0.6) is 0 Å². The number of carbonyl (C=O) groups excluding carboxylic acids is 1. The Hall–Kier alpha value is -2.17. The Balaban J connectivity index is 1.35. The summed E-state index contributed by atoms with van der Waals surface area (Å²) in [5, 5.41) is 3.03. The van der Waals surface area contributed by atoms with Crippen LogP contribution in [0.3, 0.4) is 0 Å². The van der Waals surface area contributed by atoms with Gasteiger partial charge >= 0.3 is 0 Å². The summed E-state index contributed by atoms with van der Waals surface area (Å²) < 4.78 is 5.39. The van der Waals surface area contributed by atoms with Gasteiger partial charge in [-0.05, 0) is 36.5 Å². The molecule has 27 heavy (non-hydrogen) atoms. The van der Waals surface area contributed by atoms with Gasteiger partial charge in [0.25, 0.3) is 0 Å². The van der Waals surface area contributed by atoms with E-state index in [-0.39, 0.29) is 5.91 Å². The molecule has 3 rings (SSSR count). The molecular weight excluding hydrogens is 336 g/mol. The fourth-order valence-corrected chi connectivity index (χ4v) is 3.28. The maximum absolute atomic E-state index is 12.1. The highest BCUT2D eigenvalue weighted by molar-refractivity contribution is 5.75. The third-order valence-corrected chi connectivity index (χ3v) is 5.01. The first-order valence-corrected chi connectivity index (χ1v) is 9.89. The van der Waals surface area contributed by atoms with Gasteiger partial charge in [-0.3, -0.25) is 9.69 Å². The van der Waals surface area contributed by atoms with Gasteiger partial charge in [0.1, 0.15) is 0 Å². The summed E-state index contributed by atoms with van der Waals surface area (Å²) >= 11 is 0. The van der Waals surface area contributed by atoms with E-state index in [4.69, 9.17) is 4.74 Å². The number of nitrogens with one attached hydrogen (secondary N) is 1. The third-order valence-electron chi connectivity index (χ3n) is 5.01. The highest BCUT2D eigenvalue weighted by Crippen LogP contribution is 2.10. The number of nitrogens with zero attached hydrogens (tertiary/aromatic N) is 1. The summed E-state index contributed by atoms with van der Waals surface area (Å²) in [6.45, 7) is 7.31. The van der Waals surface area contributed by atoms with Crippen molar-refractivity contribution < 1.29 is 9.53 Å². The van der Waals surface area contributed by atoms with E-state index < -0.39 is 0 Å². The van der Waals surface area contributed by atoms with E-state index in [9.17, 15) is 4.79 Å². The molecular formula is C23H30N2O2. The van der Waals surface area contributed by atoms with Gasteiger partial charge in [0.2, 0.25) is 5.91 Å². The summed E-state index contributed by atoms with van der Waals surface area (Å²) in [6.07, 6.45) is 2.40. The average molecular weight is 367 g/mol. The Morgan fingerprint density at radius 2 is 1.59 bits per heavy atom. The van der Waals surface area contributed by atoms with E-state index >= 15 is 0 Å². The van der Waals surface area contributed by atoms with Gasteiger partial charge in [0.15, 0.2) is 0 Å². The summed E-state index contributed by atoms with van der Waals surface area (Å²) in [5.74, 6) is 0.125. The largest absolute Gasteiger partial charge is 0.379 e. The van der Waals surface area contributed by atoms with Crippen molar-refractivity contribution in [3.63, 3.8) is 0 Å². The predicted octanol–water partition coefficient (Wildman–Crippen LogP) is 3.47. The molecule has 1 fully saturated rings. The second-order valence-electron chi connectivity index (χ2n) is 7.32. The SMILES string of the molecule is Cc1ccc(CCCC(=O)NCc2ccc(CN3CCOCC3)cc2)cc1. The standard InChI is InChI=1S/C23H30N2O2/c1-19-5-7-20(8-6-19)3-2-4-23(26)24-17-21-9-11-22(12-10-21)18-25-13-15-27-16-14-25/h5-12H,2-4,13-18H2,1H3,(H,24,26). The molecule has 0 radical (unpaired) electrons. The first-order valence-electron chi connectivity index (χ1n) is 9.89. The molecule has 2 aromatic rings. The Labute approximate surface area is 162 Å². The highest BCUT2D eigenvalue weighted by Gasteiger charge is 2.10. The monoisotopic (exact) mass is 366 g/mol. The number of carbonyl (C=O) groups is 1. The zero-order chi connectivity index (χ0) is 18.9. The van der Waals surface area contributed by atoms with Crippen LogP contribution in [0.25, 0.3) is 0 Å². The lowest BCUT2D eigenvalue weighted by molar-refractivity contribution is -0.121. The molecule has 1 amide bonds. The van der Waals surface area contributed by atoms with Crippen LogP contribution in [-0.2, 0) is 29.0 Å². The average Bonchev–Trinajstić information content (AvgIpc) is 2.70. The van der Waals surface area contributed by atoms with Crippen LogP contribution in [0.15, 0.2) is 48.5 Å². The lowest BCUT2D eigenvalue weighted by atomic mass is 10.1. The van der Waals surface area contributed by atoms with Crippen molar-refractivity contribution in [2.45, 2.75) is 39.3 Å². The number of hydrogen-bond donors (Lipinski definition) is 1. The second-order valence-corrected chi connectivity index (χ2v) is 7.32. The van der Waals surface area contributed by atoms with Crippen molar-refractivity contribution in [1.82, 2.24) is 10.2 Å². The Bertz CT molecular complexity index is 704. The molecule has 1 aliphatic heterocycles. The van der Waals surface area contributed by atoms with E-state index in [1.807, 2.05) is 0 Å². The van der Waals surface area contributed by atoms with Crippen LogP contribution in [0, 0.1) is 6.92 Å². The minimum atomic E-state index is 0.125. The maximum atomic E-state index is 12.1. The molecule has 0 spiro atoms. The molecule has 1 N–H and O–H groups in total. The van der Waals surface area contributed by atoms with Gasteiger partial charge in [0, 0.05) is 32.6 Å². The lowest BCUT2D eigenvalue weighted by Crippen LogP contribution is -2.35. The highest BCUT2D eigenvalue weighted by atomic mass is 16.5. The van der Waals surface area contributed by atoms with E-state index in [1.54, 1.807) is 0 Å². The molecule has 0 unspecified atom stereocenters. The molecule has 1 saturated heterocycles. The van der Waals surface area contributed by atoms with Gasteiger partial charge in [0.05, 0.1) is 13.2 Å². The van der Waals surface area contributed by atoms with Crippen LogP contribution in [0.1, 0.15) is 35.1 Å². The molecule has 0 aromatic heterocycles. The van der Waals surface area contributed by atoms with Crippen LogP contribution in [0.4, 0.5) is 0 Å². The molecule has 4 nitrogen and oxygen atoms in total. The second kappa shape index (κ2) is 10.2. The van der Waals surface area contributed by atoms with Crippen LogP contribution in [0.2, 0.25) is 0 Å². The molecule has 4 heteroatoms. The molecule has 0 atom stereocenters. The van der Waals surface area contributed by atoms with E-state index in [0.29, 0.717) is 13.0 Å². The maximum Gasteiger partial charge on any atom is 0.220 e. The lowest BCUT2D eigenvalue weighted by Gasteiger charge is -2.26. The molecule has 1 heterocycles. The van der Waals surface area contributed by atoms with Crippen molar-refractivity contribution in [3.8, 4) is 0 Å². The van der Waals surface area contributed by atoms with Crippen molar-refractivity contribution in [2.75, 3.05) is 26.3 Å². The molecule has 144 valence electrons. The number of benzene rings is 2. The number of rotatable bonds is 8. The Morgan fingerprint density at radius 3 is 2.30 bits per heavy atom. The summed E-state index contributed by atoms with van der Waals surface area (Å²) in [7, 11) is 0. The van der Waals surface area contributed by atoms with Crippen LogP contribution in [-0.4, -0.2) is 37.1 Å². The fraction of sp³-hybridized carbons (Fsp3) is 0.435. The number of ether oxygens (including phenoxy) is 1. The minimum Gasteiger partial charge on any atom is -0.379 e. The molecule has 0 aliphatic carbocycles. The normalized spacial score (nSPS) is 14.9. The third kappa shape index (κ3) is 6.81. The zero-order valence-electron chi connectivity index (χ0n) is 16.2. The zero-order valence-corrected chi connectivity index (χ0v) is 16.2. The fourth-order valence-electron chi connectivity index (χ4n) is 3.28. The topological polar surface area (TPSA) is 41.6 Å². The smallest absolute Gasteiger partial charge is 0.220 e. The molecule has 1 aliphatic rings. The summed E-state index contributed by atoms with van der Waals surface area (Å²) in [5.41, 5.74) is 5.02. The Morgan fingerprint density at radius 1 is 0.963 bits per heavy atom. The van der Waals surface area contributed by atoms with Crippen molar-refractivity contribution >= 4 is 5.91 Å². The quantitative estimate of drug-likeness (QED) is 0.778. The van der Waals surface area contributed by atoms with Crippen molar-refractivity contribution in [3.05, 3.63) is 70.8 Å². The van der Waals surface area contributed by atoms with E-state index in [2.05, 4.69) is 65.7 Å². The van der Waals surface area contributed by atoms with Crippen LogP contribution < -0.4 is 5.32 Å². The summed E-state index contributed by atoms with van der Waals surface area (Å²) in [6, 6.07) is 17.1. The summed E-state index contributed by atoms with van der Waals surface area (Å²) in [4.78, 5) is 14.5. The van der Waals surface area contributed by atoms with Gasteiger partial charge in [-0.2, -0.15) is 0 Å².